The Morgan fingerprint density at radius 1 is 1.62 bits per heavy atom. The molecule has 2 aromatic heterocycles. The fourth-order valence-electron chi connectivity index (χ4n) is 1.35. The van der Waals surface area contributed by atoms with Crippen molar-refractivity contribution in [2.45, 2.75) is 13.0 Å². The SMILES string of the molecule is CC(Nc1cnc(=N)n(O)c1)c1ccoc1. The predicted octanol–water partition coefficient (Wildman–Crippen LogP) is 1.37. The molecule has 0 aliphatic carbocycles. The highest BCUT2D eigenvalue weighted by atomic mass is 16.5. The van der Waals surface area contributed by atoms with E-state index in [-0.39, 0.29) is 11.7 Å². The first-order valence-corrected chi connectivity index (χ1v) is 4.78. The summed E-state index contributed by atoms with van der Waals surface area (Å²) in [5.41, 5.74) is 1.42. The van der Waals surface area contributed by atoms with Gasteiger partial charge in [0.25, 0.3) is 5.62 Å². The van der Waals surface area contributed by atoms with Gasteiger partial charge in [0.2, 0.25) is 0 Å². The van der Waals surface area contributed by atoms with E-state index in [1.54, 1.807) is 12.5 Å². The second-order valence-corrected chi connectivity index (χ2v) is 3.43. The topological polar surface area (TPSA) is 87.1 Å². The minimum atomic E-state index is -0.207. The van der Waals surface area contributed by atoms with Crippen LogP contribution in [0.4, 0.5) is 5.69 Å². The van der Waals surface area contributed by atoms with Gasteiger partial charge in [0.15, 0.2) is 0 Å². The van der Waals surface area contributed by atoms with Gasteiger partial charge in [-0.05, 0) is 13.0 Å². The maximum absolute atomic E-state index is 9.25. The monoisotopic (exact) mass is 220 g/mol. The molecule has 1 unspecified atom stereocenters. The summed E-state index contributed by atoms with van der Waals surface area (Å²) in [6.45, 7) is 1.96. The summed E-state index contributed by atoms with van der Waals surface area (Å²) in [6.07, 6.45) is 6.14. The Morgan fingerprint density at radius 3 is 3.06 bits per heavy atom. The van der Waals surface area contributed by atoms with Gasteiger partial charge in [-0.25, -0.2) is 4.98 Å². The Kier molecular flexibility index (Phi) is 2.63. The minimum absolute atomic E-state index is 0.0390. The van der Waals surface area contributed by atoms with Gasteiger partial charge >= 0.3 is 0 Å². The van der Waals surface area contributed by atoms with Crippen molar-refractivity contribution in [1.82, 2.24) is 9.71 Å². The third kappa shape index (κ3) is 2.05. The first-order chi connectivity index (χ1) is 7.66. The average molecular weight is 220 g/mol. The zero-order valence-electron chi connectivity index (χ0n) is 8.71. The van der Waals surface area contributed by atoms with E-state index in [2.05, 4.69) is 10.3 Å². The van der Waals surface area contributed by atoms with E-state index in [1.807, 2.05) is 13.0 Å². The highest BCUT2D eigenvalue weighted by Crippen LogP contribution is 2.17. The molecule has 6 heteroatoms. The Balaban J connectivity index is 2.15. The Bertz CT molecular complexity index is 518. The van der Waals surface area contributed by atoms with Crippen LogP contribution in [0, 0.1) is 5.41 Å². The average Bonchev–Trinajstić information content (AvgIpc) is 2.77. The third-order valence-electron chi connectivity index (χ3n) is 2.23. The molecule has 0 saturated heterocycles. The molecule has 0 bridgehead atoms. The molecule has 0 aromatic carbocycles. The van der Waals surface area contributed by atoms with Crippen LogP contribution in [0.2, 0.25) is 0 Å². The van der Waals surface area contributed by atoms with E-state index in [4.69, 9.17) is 9.83 Å². The number of hydrogen-bond acceptors (Lipinski definition) is 5. The molecule has 0 fully saturated rings. The van der Waals surface area contributed by atoms with Crippen LogP contribution in [0.1, 0.15) is 18.5 Å². The van der Waals surface area contributed by atoms with Crippen molar-refractivity contribution in [2.75, 3.05) is 5.32 Å². The summed E-state index contributed by atoms with van der Waals surface area (Å²) in [7, 11) is 0. The van der Waals surface area contributed by atoms with Gasteiger partial charge in [-0.2, -0.15) is 4.73 Å². The molecule has 1 atom stereocenters. The molecule has 0 aliphatic rings. The maximum Gasteiger partial charge on any atom is 0.255 e. The van der Waals surface area contributed by atoms with E-state index in [0.717, 1.165) is 5.56 Å². The lowest BCUT2D eigenvalue weighted by atomic mass is 10.2. The Morgan fingerprint density at radius 2 is 2.44 bits per heavy atom. The number of nitrogens with one attached hydrogen (secondary N) is 2. The molecule has 0 radical (unpaired) electrons. The van der Waals surface area contributed by atoms with Crippen molar-refractivity contribution in [2.24, 2.45) is 0 Å². The lowest BCUT2D eigenvalue weighted by molar-refractivity contribution is 0.165. The highest BCUT2D eigenvalue weighted by Gasteiger charge is 2.06. The molecule has 0 amide bonds. The van der Waals surface area contributed by atoms with E-state index in [9.17, 15) is 5.21 Å². The molecule has 0 spiro atoms. The van der Waals surface area contributed by atoms with Crippen LogP contribution in [0.25, 0.3) is 0 Å². The standard InChI is InChI=1S/C10H12N4O2/c1-7(8-2-3-16-6-8)13-9-4-12-10(11)14(15)5-9/h2-7,11,13,15H,1H3. The lowest BCUT2D eigenvalue weighted by Crippen LogP contribution is -2.21. The fourth-order valence-corrected chi connectivity index (χ4v) is 1.35. The second kappa shape index (κ2) is 4.09. The predicted molar refractivity (Wildman–Crippen MR) is 56.0 cm³/mol. The first-order valence-electron chi connectivity index (χ1n) is 4.78. The van der Waals surface area contributed by atoms with Gasteiger partial charge < -0.3 is 14.9 Å². The van der Waals surface area contributed by atoms with E-state index in [0.29, 0.717) is 10.4 Å². The molecule has 3 N–H and O–H groups in total. The fraction of sp³-hybridized carbons (Fsp3) is 0.200. The van der Waals surface area contributed by atoms with Crippen molar-refractivity contribution in [3.05, 3.63) is 42.2 Å². The van der Waals surface area contributed by atoms with Crippen LogP contribution < -0.4 is 10.9 Å². The number of furan rings is 1. The highest BCUT2D eigenvalue weighted by molar-refractivity contribution is 5.40. The molecular weight excluding hydrogens is 208 g/mol. The number of rotatable bonds is 3. The van der Waals surface area contributed by atoms with Gasteiger partial charge in [-0.15, -0.1) is 0 Å². The quantitative estimate of drug-likeness (QED) is 0.682. The molecule has 2 rings (SSSR count). The van der Waals surface area contributed by atoms with Crippen molar-refractivity contribution in [3.63, 3.8) is 0 Å². The van der Waals surface area contributed by atoms with E-state index in [1.165, 1.54) is 12.4 Å². The van der Waals surface area contributed by atoms with Gasteiger partial charge in [-0.3, -0.25) is 5.41 Å². The third-order valence-corrected chi connectivity index (χ3v) is 2.23. The van der Waals surface area contributed by atoms with E-state index < -0.39 is 0 Å². The summed E-state index contributed by atoms with van der Waals surface area (Å²) in [5, 5.41) is 19.6. The van der Waals surface area contributed by atoms with Crippen molar-refractivity contribution in [3.8, 4) is 0 Å². The van der Waals surface area contributed by atoms with Gasteiger partial charge in [-0.1, -0.05) is 0 Å². The molecule has 16 heavy (non-hydrogen) atoms. The normalized spacial score (nSPS) is 12.3. The number of nitrogens with zero attached hydrogens (tertiary/aromatic N) is 2. The number of hydrogen-bond donors (Lipinski definition) is 3. The van der Waals surface area contributed by atoms with E-state index >= 15 is 0 Å². The summed E-state index contributed by atoms with van der Waals surface area (Å²) < 4.78 is 5.63. The van der Waals surface area contributed by atoms with Gasteiger partial charge in [0.1, 0.15) is 0 Å². The summed E-state index contributed by atoms with van der Waals surface area (Å²) in [6, 6.07) is 1.90. The second-order valence-electron chi connectivity index (χ2n) is 3.43. The Labute approximate surface area is 91.6 Å². The zero-order valence-corrected chi connectivity index (χ0v) is 8.71. The van der Waals surface area contributed by atoms with Crippen LogP contribution in [-0.2, 0) is 0 Å². The van der Waals surface area contributed by atoms with Crippen molar-refractivity contribution in [1.29, 1.82) is 5.41 Å². The molecule has 2 heterocycles. The number of anilines is 1. The van der Waals surface area contributed by atoms with Crippen LogP contribution >= 0.6 is 0 Å². The van der Waals surface area contributed by atoms with Gasteiger partial charge in [0.05, 0.1) is 36.6 Å². The van der Waals surface area contributed by atoms with Crippen molar-refractivity contribution < 1.29 is 9.62 Å². The number of aromatic nitrogens is 2. The van der Waals surface area contributed by atoms with Gasteiger partial charge in [0, 0.05) is 5.56 Å². The van der Waals surface area contributed by atoms with Crippen LogP contribution in [-0.4, -0.2) is 14.9 Å². The minimum Gasteiger partial charge on any atom is -0.472 e. The summed E-state index contributed by atoms with van der Waals surface area (Å²) >= 11 is 0. The lowest BCUT2D eigenvalue weighted by Gasteiger charge is -2.13. The summed E-state index contributed by atoms with van der Waals surface area (Å²) in [5.74, 6) is 0. The van der Waals surface area contributed by atoms with Crippen LogP contribution in [0.5, 0.6) is 0 Å². The smallest absolute Gasteiger partial charge is 0.255 e. The molecule has 6 nitrogen and oxygen atoms in total. The zero-order chi connectivity index (χ0) is 11.5. The molecule has 2 aromatic rings. The van der Waals surface area contributed by atoms with Crippen molar-refractivity contribution >= 4 is 5.69 Å². The van der Waals surface area contributed by atoms with Crippen LogP contribution in [0.15, 0.2) is 35.4 Å². The largest absolute Gasteiger partial charge is 0.472 e. The Hall–Kier alpha value is -2.24. The molecule has 0 aliphatic heterocycles. The summed E-state index contributed by atoms with van der Waals surface area (Å²) in [4.78, 5) is 3.71. The first kappa shape index (κ1) is 10.3. The maximum atomic E-state index is 9.25. The van der Waals surface area contributed by atoms with Crippen LogP contribution in [0.3, 0.4) is 0 Å². The molecule has 84 valence electrons. The molecule has 0 saturated carbocycles. The molecular formula is C10H12N4O2.